The van der Waals surface area contributed by atoms with E-state index in [0.29, 0.717) is 18.0 Å². The average molecular weight is 460 g/mol. The highest BCUT2D eigenvalue weighted by molar-refractivity contribution is 7.99. The summed E-state index contributed by atoms with van der Waals surface area (Å²) >= 11 is 7.69. The molecule has 1 aliphatic rings. The van der Waals surface area contributed by atoms with Crippen molar-refractivity contribution in [3.05, 3.63) is 89.2 Å². The van der Waals surface area contributed by atoms with Gasteiger partial charge in [-0.3, -0.25) is 0 Å². The zero-order valence-corrected chi connectivity index (χ0v) is 18.7. The molecule has 1 fully saturated rings. The molecule has 0 bridgehead atoms. The van der Waals surface area contributed by atoms with Crippen LogP contribution in [0, 0.1) is 0 Å². The maximum atomic E-state index is 12.0. The van der Waals surface area contributed by atoms with Gasteiger partial charge >= 0.3 is 0 Å². The molecule has 0 radical (unpaired) electrons. The zero-order valence-electron chi connectivity index (χ0n) is 16.3. The Morgan fingerprint density at radius 2 is 1.83 bits per heavy atom. The number of halogens is 1. The Labute approximate surface area is 186 Å². The summed E-state index contributed by atoms with van der Waals surface area (Å²) in [7, 11) is -3.01. The summed E-state index contributed by atoms with van der Waals surface area (Å²) in [5.41, 5.74) is 2.25. The maximum absolute atomic E-state index is 12.0. The third kappa shape index (κ3) is 4.63. The number of rotatable bonds is 7. The lowest BCUT2D eigenvalue weighted by molar-refractivity contribution is 0.597. The zero-order chi connectivity index (χ0) is 21.1. The molecule has 2 heterocycles. The van der Waals surface area contributed by atoms with Crippen LogP contribution in [0.4, 0.5) is 0 Å². The van der Waals surface area contributed by atoms with Crippen molar-refractivity contribution in [2.45, 2.75) is 29.3 Å². The van der Waals surface area contributed by atoms with Crippen LogP contribution in [0.3, 0.4) is 0 Å². The Balaban J connectivity index is 1.71. The molecule has 156 valence electrons. The second-order valence-corrected chi connectivity index (χ2v) is 11.0. The highest BCUT2D eigenvalue weighted by Crippen LogP contribution is 2.41. The van der Waals surface area contributed by atoms with Crippen molar-refractivity contribution < 1.29 is 8.42 Å². The summed E-state index contributed by atoms with van der Waals surface area (Å²) < 4.78 is 25.9. The van der Waals surface area contributed by atoms with Crippen LogP contribution in [0.2, 0.25) is 5.02 Å². The smallest absolute Gasteiger partial charge is 0.192 e. The Bertz CT molecular complexity index is 1130. The molecule has 0 N–H and O–H groups in total. The first-order chi connectivity index (χ1) is 14.5. The molecule has 30 heavy (non-hydrogen) atoms. The molecule has 1 aliphatic heterocycles. The maximum Gasteiger partial charge on any atom is 0.192 e. The number of sulfone groups is 1. The fourth-order valence-electron chi connectivity index (χ4n) is 3.69. The Morgan fingerprint density at radius 3 is 2.47 bits per heavy atom. The van der Waals surface area contributed by atoms with Crippen molar-refractivity contribution in [1.29, 1.82) is 0 Å². The van der Waals surface area contributed by atoms with Gasteiger partial charge in [-0.05, 0) is 29.7 Å². The lowest BCUT2D eigenvalue weighted by Crippen LogP contribution is -2.11. The Hall–Kier alpha value is -2.09. The van der Waals surface area contributed by atoms with E-state index in [1.165, 1.54) is 0 Å². The van der Waals surface area contributed by atoms with Crippen molar-refractivity contribution in [1.82, 2.24) is 14.8 Å². The Morgan fingerprint density at radius 1 is 1.13 bits per heavy atom. The predicted octanol–water partition coefficient (Wildman–Crippen LogP) is 4.90. The minimum Gasteiger partial charge on any atom is -0.302 e. The van der Waals surface area contributed by atoms with Crippen LogP contribution in [-0.4, -0.2) is 34.7 Å². The highest BCUT2D eigenvalue weighted by atomic mass is 35.5. The molecule has 1 aromatic heterocycles. The van der Waals surface area contributed by atoms with Crippen LogP contribution in [0.5, 0.6) is 0 Å². The first kappa shape index (κ1) is 21.2. The summed E-state index contributed by atoms with van der Waals surface area (Å²) in [6.45, 7) is 4.39. The third-order valence-electron chi connectivity index (χ3n) is 5.15. The van der Waals surface area contributed by atoms with Gasteiger partial charge in [0.1, 0.15) is 5.82 Å². The van der Waals surface area contributed by atoms with Gasteiger partial charge in [-0.25, -0.2) is 8.42 Å². The van der Waals surface area contributed by atoms with E-state index >= 15 is 0 Å². The minimum absolute atomic E-state index is 0.00334. The van der Waals surface area contributed by atoms with Gasteiger partial charge in [0, 0.05) is 17.5 Å². The van der Waals surface area contributed by atoms with Gasteiger partial charge in [0.05, 0.1) is 16.8 Å². The SMILES string of the molecule is C=CCn1c(S[C@H](c2ccccc2)c2ccc(Cl)cc2)nnc1[C@H]1CCS(=O)(=O)C1. The van der Waals surface area contributed by atoms with E-state index in [4.69, 9.17) is 11.6 Å². The van der Waals surface area contributed by atoms with Crippen molar-refractivity contribution in [3.63, 3.8) is 0 Å². The van der Waals surface area contributed by atoms with Crippen LogP contribution in [0.15, 0.2) is 72.4 Å². The van der Waals surface area contributed by atoms with Crippen molar-refractivity contribution >= 4 is 33.2 Å². The van der Waals surface area contributed by atoms with E-state index in [1.54, 1.807) is 17.8 Å². The minimum atomic E-state index is -3.01. The lowest BCUT2D eigenvalue weighted by Gasteiger charge is -2.18. The second kappa shape index (κ2) is 8.96. The molecule has 0 aliphatic carbocycles. The fourth-order valence-corrected chi connectivity index (χ4v) is 6.73. The number of hydrogen-bond acceptors (Lipinski definition) is 5. The van der Waals surface area contributed by atoms with Gasteiger partial charge < -0.3 is 4.57 Å². The number of hydrogen-bond donors (Lipinski definition) is 0. The van der Waals surface area contributed by atoms with E-state index in [0.717, 1.165) is 22.1 Å². The van der Waals surface area contributed by atoms with Crippen LogP contribution >= 0.6 is 23.4 Å². The molecular formula is C22H22ClN3O2S2. The Kier molecular flexibility index (Phi) is 6.32. The van der Waals surface area contributed by atoms with E-state index < -0.39 is 9.84 Å². The number of aromatic nitrogens is 3. The summed E-state index contributed by atoms with van der Waals surface area (Å²) in [4.78, 5) is 0. The number of thioether (sulfide) groups is 1. The van der Waals surface area contributed by atoms with Crippen molar-refractivity contribution in [2.75, 3.05) is 11.5 Å². The van der Waals surface area contributed by atoms with Gasteiger partial charge in [0.15, 0.2) is 15.0 Å². The fraction of sp³-hybridized carbons (Fsp3) is 0.273. The molecule has 2 aromatic carbocycles. The third-order valence-corrected chi connectivity index (χ3v) is 8.47. The van der Waals surface area contributed by atoms with Crippen molar-refractivity contribution in [2.24, 2.45) is 0 Å². The number of benzene rings is 2. The summed E-state index contributed by atoms with van der Waals surface area (Å²) in [6, 6.07) is 18.0. The van der Waals surface area contributed by atoms with Crippen LogP contribution < -0.4 is 0 Å². The standard InChI is InChI=1S/C22H22ClN3O2S2/c1-2-13-26-21(18-12-14-30(27,28)15-18)24-25-22(26)29-20(16-6-4-3-5-7-16)17-8-10-19(23)11-9-17/h2-11,18,20H,1,12-15H2/t18-,20+/m0/s1. The van der Waals surface area contributed by atoms with Gasteiger partial charge in [-0.2, -0.15) is 0 Å². The summed E-state index contributed by atoms with van der Waals surface area (Å²) in [5.74, 6) is 0.939. The molecule has 0 saturated carbocycles. The molecule has 3 aromatic rings. The summed E-state index contributed by atoms with van der Waals surface area (Å²) in [5, 5.41) is 10.3. The normalized spacial score (nSPS) is 18.9. The average Bonchev–Trinajstić information content (AvgIpc) is 3.30. The van der Waals surface area contributed by atoms with Gasteiger partial charge in [0.2, 0.25) is 0 Å². The molecule has 4 rings (SSSR count). The topological polar surface area (TPSA) is 64.8 Å². The van der Waals surface area contributed by atoms with Gasteiger partial charge in [-0.1, -0.05) is 71.9 Å². The molecule has 2 atom stereocenters. The molecule has 0 amide bonds. The molecule has 5 nitrogen and oxygen atoms in total. The van der Waals surface area contributed by atoms with Gasteiger partial charge in [-0.15, -0.1) is 16.8 Å². The van der Waals surface area contributed by atoms with E-state index in [1.807, 2.05) is 47.0 Å². The van der Waals surface area contributed by atoms with Crippen LogP contribution in [-0.2, 0) is 16.4 Å². The largest absolute Gasteiger partial charge is 0.302 e. The lowest BCUT2D eigenvalue weighted by atomic mass is 10.0. The quantitative estimate of drug-likeness (QED) is 0.371. The van der Waals surface area contributed by atoms with E-state index in [-0.39, 0.29) is 22.7 Å². The molecular weight excluding hydrogens is 438 g/mol. The first-order valence-corrected chi connectivity index (χ1v) is 12.8. The highest BCUT2D eigenvalue weighted by Gasteiger charge is 2.33. The van der Waals surface area contributed by atoms with Gasteiger partial charge in [0.25, 0.3) is 0 Å². The second-order valence-electron chi connectivity index (χ2n) is 7.30. The van der Waals surface area contributed by atoms with Crippen molar-refractivity contribution in [3.8, 4) is 0 Å². The van der Waals surface area contributed by atoms with E-state index in [2.05, 4.69) is 28.9 Å². The van der Waals surface area contributed by atoms with E-state index in [9.17, 15) is 8.42 Å². The molecule has 1 saturated heterocycles. The number of nitrogens with zero attached hydrogens (tertiary/aromatic N) is 3. The van der Waals surface area contributed by atoms with Crippen LogP contribution in [0.1, 0.15) is 34.5 Å². The van der Waals surface area contributed by atoms with Crippen LogP contribution in [0.25, 0.3) is 0 Å². The molecule has 0 spiro atoms. The summed E-state index contributed by atoms with van der Waals surface area (Å²) in [6.07, 6.45) is 2.38. The molecule has 8 heteroatoms. The first-order valence-electron chi connectivity index (χ1n) is 9.68. The number of allylic oxidation sites excluding steroid dienone is 1. The molecule has 0 unspecified atom stereocenters. The monoisotopic (exact) mass is 459 g/mol. The predicted molar refractivity (Wildman–Crippen MR) is 122 cm³/mol.